The Labute approximate surface area is 95.9 Å². The maximum absolute atomic E-state index is 10.5. The molecule has 1 aromatic carbocycles. The van der Waals surface area contributed by atoms with Crippen molar-refractivity contribution in [3.63, 3.8) is 0 Å². The molecule has 0 aliphatic carbocycles. The minimum atomic E-state index is -0.547. The Morgan fingerprint density at radius 1 is 1.50 bits per heavy atom. The number of fused-ring (bicyclic) bond motifs is 1. The highest BCUT2D eigenvalue weighted by Crippen LogP contribution is 2.34. The van der Waals surface area contributed by atoms with Crippen molar-refractivity contribution in [1.82, 2.24) is 0 Å². The maximum Gasteiger partial charge on any atom is 0.242 e. The lowest BCUT2D eigenvalue weighted by Gasteiger charge is -2.16. The number of hydrogen-bond donors (Lipinski definition) is 1. The quantitative estimate of drug-likeness (QED) is 0.601. The van der Waals surface area contributed by atoms with E-state index in [1.807, 2.05) is 0 Å². The summed E-state index contributed by atoms with van der Waals surface area (Å²) in [5.74, 6) is 0.570. The van der Waals surface area contributed by atoms with Gasteiger partial charge in [-0.3, -0.25) is 10.1 Å². The van der Waals surface area contributed by atoms with Gasteiger partial charge in [0, 0.05) is 16.7 Å². The third-order valence-corrected chi connectivity index (χ3v) is 2.26. The van der Waals surface area contributed by atoms with E-state index in [9.17, 15) is 10.1 Å². The van der Waals surface area contributed by atoms with Crippen LogP contribution in [0.3, 0.4) is 0 Å². The van der Waals surface area contributed by atoms with Gasteiger partial charge in [0.05, 0.1) is 10.5 Å². The second kappa shape index (κ2) is 3.86. The van der Waals surface area contributed by atoms with Gasteiger partial charge in [0.15, 0.2) is 5.88 Å². The number of nitro groups is 1. The molecule has 5 nitrogen and oxygen atoms in total. The van der Waals surface area contributed by atoms with Gasteiger partial charge in [-0.25, -0.2) is 0 Å². The van der Waals surface area contributed by atoms with E-state index in [1.54, 1.807) is 18.2 Å². The van der Waals surface area contributed by atoms with Crippen LogP contribution in [0.25, 0.3) is 5.57 Å². The van der Waals surface area contributed by atoms with Crippen LogP contribution in [0.1, 0.15) is 5.56 Å². The Morgan fingerprint density at radius 2 is 2.25 bits per heavy atom. The van der Waals surface area contributed by atoms with E-state index in [0.717, 1.165) is 6.20 Å². The molecule has 16 heavy (non-hydrogen) atoms. The summed E-state index contributed by atoms with van der Waals surface area (Å²) >= 11 is 5.81. The summed E-state index contributed by atoms with van der Waals surface area (Å²) in [4.78, 5) is 9.91. The first kappa shape index (κ1) is 10.5. The molecule has 0 saturated carbocycles. The molecule has 2 rings (SSSR count). The average molecular weight is 239 g/mol. The molecule has 0 saturated heterocycles. The molecule has 0 unspecified atom stereocenters. The lowest BCUT2D eigenvalue weighted by Crippen LogP contribution is -2.11. The summed E-state index contributed by atoms with van der Waals surface area (Å²) < 4.78 is 5.22. The number of rotatable bonds is 1. The van der Waals surface area contributed by atoms with Crippen LogP contribution in [0.2, 0.25) is 5.02 Å². The molecule has 0 radical (unpaired) electrons. The van der Waals surface area contributed by atoms with Crippen LogP contribution in [0.15, 0.2) is 36.4 Å². The van der Waals surface area contributed by atoms with Gasteiger partial charge in [0.2, 0.25) is 6.20 Å². The van der Waals surface area contributed by atoms with Gasteiger partial charge in [-0.2, -0.15) is 0 Å². The third-order valence-electron chi connectivity index (χ3n) is 2.02. The molecule has 82 valence electrons. The lowest BCUT2D eigenvalue weighted by molar-refractivity contribution is -0.401. The first-order valence-electron chi connectivity index (χ1n) is 4.36. The van der Waals surface area contributed by atoms with Gasteiger partial charge in [0.25, 0.3) is 0 Å². The van der Waals surface area contributed by atoms with Crippen LogP contribution >= 0.6 is 11.6 Å². The zero-order chi connectivity index (χ0) is 11.7. The van der Waals surface area contributed by atoms with Crippen molar-refractivity contribution in [2.75, 3.05) is 0 Å². The summed E-state index contributed by atoms with van der Waals surface area (Å²) in [5.41, 5.74) is 6.42. The van der Waals surface area contributed by atoms with E-state index in [1.165, 1.54) is 6.08 Å². The Kier molecular flexibility index (Phi) is 2.54. The first-order chi connectivity index (χ1) is 7.56. The van der Waals surface area contributed by atoms with Crippen LogP contribution in [0.4, 0.5) is 0 Å². The predicted octanol–water partition coefficient (Wildman–Crippen LogP) is 2.15. The zero-order valence-corrected chi connectivity index (χ0v) is 8.77. The summed E-state index contributed by atoms with van der Waals surface area (Å²) in [6, 6.07) is 4.84. The fourth-order valence-corrected chi connectivity index (χ4v) is 1.60. The van der Waals surface area contributed by atoms with Crippen molar-refractivity contribution in [3.8, 4) is 5.75 Å². The number of nitrogens with zero attached hydrogens (tertiary/aromatic N) is 1. The van der Waals surface area contributed by atoms with Crippen molar-refractivity contribution < 1.29 is 9.66 Å². The van der Waals surface area contributed by atoms with Crippen LogP contribution in [-0.4, -0.2) is 4.92 Å². The van der Waals surface area contributed by atoms with Crippen LogP contribution in [0, 0.1) is 10.1 Å². The molecule has 6 heteroatoms. The van der Waals surface area contributed by atoms with Gasteiger partial charge >= 0.3 is 0 Å². The van der Waals surface area contributed by atoms with E-state index in [4.69, 9.17) is 22.1 Å². The van der Waals surface area contributed by atoms with E-state index in [2.05, 4.69) is 0 Å². The smallest absolute Gasteiger partial charge is 0.242 e. The fourth-order valence-electron chi connectivity index (χ4n) is 1.42. The predicted molar refractivity (Wildman–Crippen MR) is 59.3 cm³/mol. The van der Waals surface area contributed by atoms with Crippen molar-refractivity contribution in [3.05, 3.63) is 57.1 Å². The molecule has 1 aliphatic heterocycles. The lowest BCUT2D eigenvalue weighted by atomic mass is 10.0. The number of nitrogens with two attached hydrogens (primary N) is 1. The van der Waals surface area contributed by atoms with Crippen molar-refractivity contribution in [2.45, 2.75) is 0 Å². The Bertz CT molecular complexity index is 523. The molecule has 0 spiro atoms. The van der Waals surface area contributed by atoms with Crippen LogP contribution in [0.5, 0.6) is 5.75 Å². The van der Waals surface area contributed by atoms with Gasteiger partial charge in [0.1, 0.15) is 5.75 Å². The second-order valence-electron chi connectivity index (χ2n) is 3.16. The normalized spacial score (nSPS) is 16.3. The maximum atomic E-state index is 10.5. The van der Waals surface area contributed by atoms with Crippen molar-refractivity contribution in [1.29, 1.82) is 0 Å². The highest BCUT2D eigenvalue weighted by Gasteiger charge is 2.17. The number of allylic oxidation sites excluding steroid dienone is 2. The monoisotopic (exact) mass is 238 g/mol. The molecule has 1 aliphatic rings. The Balaban J connectivity index is 2.58. The average Bonchev–Trinajstić information content (AvgIpc) is 2.18. The van der Waals surface area contributed by atoms with E-state index in [0.29, 0.717) is 21.9 Å². The SMILES string of the molecule is NC1=C/C(=C\[N+](=O)[O-])c2cc(Cl)ccc2O1. The standard InChI is InChI=1S/C10H7ClN2O3/c11-7-1-2-9-8(4-7)6(5-13(14)15)3-10(12)16-9/h1-5H,12H2/b6-5+. The third kappa shape index (κ3) is 1.99. The molecule has 0 bridgehead atoms. The zero-order valence-electron chi connectivity index (χ0n) is 8.01. The summed E-state index contributed by atoms with van der Waals surface area (Å²) in [7, 11) is 0. The summed E-state index contributed by atoms with van der Waals surface area (Å²) in [6.45, 7) is 0. The number of halogens is 1. The fraction of sp³-hybridized carbons (Fsp3) is 0. The first-order valence-corrected chi connectivity index (χ1v) is 4.74. The molecule has 0 aromatic heterocycles. The highest BCUT2D eigenvalue weighted by molar-refractivity contribution is 6.30. The van der Waals surface area contributed by atoms with E-state index >= 15 is 0 Å². The molecule has 2 N–H and O–H groups in total. The Morgan fingerprint density at radius 3 is 2.94 bits per heavy atom. The second-order valence-corrected chi connectivity index (χ2v) is 3.60. The number of hydrogen-bond acceptors (Lipinski definition) is 4. The Hall–Kier alpha value is -2.01. The number of ether oxygens (including phenoxy) is 1. The van der Waals surface area contributed by atoms with E-state index < -0.39 is 4.92 Å². The van der Waals surface area contributed by atoms with Gasteiger partial charge in [-0.1, -0.05) is 11.6 Å². The number of benzene rings is 1. The van der Waals surface area contributed by atoms with Gasteiger partial charge in [-0.15, -0.1) is 0 Å². The van der Waals surface area contributed by atoms with Gasteiger partial charge < -0.3 is 10.5 Å². The van der Waals surface area contributed by atoms with Gasteiger partial charge in [-0.05, 0) is 18.2 Å². The van der Waals surface area contributed by atoms with Crippen LogP contribution in [-0.2, 0) is 0 Å². The van der Waals surface area contributed by atoms with Crippen molar-refractivity contribution >= 4 is 17.2 Å². The summed E-state index contributed by atoms with van der Waals surface area (Å²) in [5, 5.41) is 10.9. The van der Waals surface area contributed by atoms with Crippen LogP contribution < -0.4 is 10.5 Å². The van der Waals surface area contributed by atoms with Crippen molar-refractivity contribution in [2.24, 2.45) is 5.73 Å². The molecule has 0 atom stereocenters. The molecular weight excluding hydrogens is 232 g/mol. The molecule has 1 heterocycles. The largest absolute Gasteiger partial charge is 0.441 e. The molecular formula is C10H7ClN2O3. The molecule has 1 aromatic rings. The topological polar surface area (TPSA) is 78.4 Å². The minimum Gasteiger partial charge on any atom is -0.441 e. The highest BCUT2D eigenvalue weighted by atomic mass is 35.5. The van der Waals surface area contributed by atoms with E-state index in [-0.39, 0.29) is 5.88 Å². The molecule has 0 amide bonds. The molecule has 0 fully saturated rings. The minimum absolute atomic E-state index is 0.114. The summed E-state index contributed by atoms with van der Waals surface area (Å²) in [6.07, 6.45) is 2.26.